The minimum Gasteiger partial charge on any atom is -0.391 e. The number of nitrogens with zero attached hydrogens (tertiary/aromatic N) is 1. The second-order valence-corrected chi connectivity index (χ2v) is 7.65. The van der Waals surface area contributed by atoms with Crippen molar-refractivity contribution in [2.75, 3.05) is 6.54 Å². The molecule has 18 heavy (non-hydrogen) atoms. The minimum atomic E-state index is -3.58. The van der Waals surface area contributed by atoms with E-state index in [0.717, 1.165) is 0 Å². The third kappa shape index (κ3) is 2.11. The predicted octanol–water partition coefficient (Wildman–Crippen LogP) is 1.98. The maximum absolute atomic E-state index is 12.6. The molecular formula is C12H16BrNO3S. The third-order valence-electron chi connectivity index (χ3n) is 3.47. The Hall–Kier alpha value is -0.430. The molecule has 0 bridgehead atoms. The Bertz CT molecular complexity index is 556. The summed E-state index contributed by atoms with van der Waals surface area (Å²) >= 11 is 3.26. The van der Waals surface area contributed by atoms with E-state index in [1.165, 1.54) is 4.31 Å². The fraction of sp³-hybridized carbons (Fsp3) is 0.500. The lowest BCUT2D eigenvalue weighted by molar-refractivity contribution is 0.0901. The van der Waals surface area contributed by atoms with Gasteiger partial charge in [-0.2, -0.15) is 4.31 Å². The molecule has 1 fully saturated rings. The zero-order valence-electron chi connectivity index (χ0n) is 10.3. The molecule has 0 saturated carbocycles. The molecule has 1 N–H and O–H groups in total. The van der Waals surface area contributed by atoms with Crippen LogP contribution in [0.25, 0.3) is 0 Å². The van der Waals surface area contributed by atoms with Crippen LogP contribution < -0.4 is 0 Å². The molecule has 0 spiro atoms. The Morgan fingerprint density at radius 2 is 2.00 bits per heavy atom. The van der Waals surface area contributed by atoms with Crippen LogP contribution in [0.4, 0.5) is 0 Å². The molecule has 1 aliphatic rings. The van der Waals surface area contributed by atoms with Crippen molar-refractivity contribution in [3.8, 4) is 0 Å². The van der Waals surface area contributed by atoms with Gasteiger partial charge in [0.1, 0.15) is 0 Å². The quantitative estimate of drug-likeness (QED) is 0.900. The first-order valence-corrected chi connectivity index (χ1v) is 7.96. The van der Waals surface area contributed by atoms with Crippen LogP contribution in [0.3, 0.4) is 0 Å². The van der Waals surface area contributed by atoms with Gasteiger partial charge in [0.25, 0.3) is 0 Å². The van der Waals surface area contributed by atoms with E-state index in [0.29, 0.717) is 17.4 Å². The fourth-order valence-electron chi connectivity index (χ4n) is 2.25. The summed E-state index contributed by atoms with van der Waals surface area (Å²) in [6, 6.07) is 6.73. The molecule has 1 unspecified atom stereocenters. The summed E-state index contributed by atoms with van der Waals surface area (Å²) < 4.78 is 27.1. The second kappa shape index (κ2) is 4.59. The van der Waals surface area contributed by atoms with Crippen molar-refractivity contribution in [2.45, 2.75) is 36.8 Å². The molecule has 1 saturated heterocycles. The Kier molecular flexibility index (Phi) is 3.57. The molecule has 0 aliphatic carbocycles. The zero-order chi connectivity index (χ0) is 13.6. The van der Waals surface area contributed by atoms with Crippen molar-refractivity contribution in [2.24, 2.45) is 0 Å². The Morgan fingerprint density at radius 3 is 2.50 bits per heavy atom. The Labute approximate surface area is 116 Å². The molecule has 0 aromatic heterocycles. The van der Waals surface area contributed by atoms with Crippen LogP contribution in [0.15, 0.2) is 33.6 Å². The van der Waals surface area contributed by atoms with Crippen LogP contribution in [0.2, 0.25) is 0 Å². The lowest BCUT2D eigenvalue weighted by atomic mass is 10.0. The minimum absolute atomic E-state index is 0.243. The van der Waals surface area contributed by atoms with Crippen LogP contribution in [-0.4, -0.2) is 36.0 Å². The molecule has 4 nitrogen and oxygen atoms in total. The van der Waals surface area contributed by atoms with Crippen molar-refractivity contribution in [3.05, 3.63) is 28.7 Å². The number of rotatable bonds is 2. The summed E-state index contributed by atoms with van der Waals surface area (Å²) in [6.45, 7) is 3.84. The average Bonchev–Trinajstić information content (AvgIpc) is 2.54. The van der Waals surface area contributed by atoms with Gasteiger partial charge in [-0.1, -0.05) is 12.1 Å². The van der Waals surface area contributed by atoms with Crippen LogP contribution in [0, 0.1) is 0 Å². The molecule has 1 aliphatic heterocycles. The molecule has 1 aromatic carbocycles. The van der Waals surface area contributed by atoms with Crippen LogP contribution in [-0.2, 0) is 10.0 Å². The van der Waals surface area contributed by atoms with E-state index in [-0.39, 0.29) is 4.90 Å². The van der Waals surface area contributed by atoms with E-state index in [1.54, 1.807) is 38.1 Å². The Morgan fingerprint density at radius 1 is 1.39 bits per heavy atom. The smallest absolute Gasteiger partial charge is 0.244 e. The number of sulfonamides is 1. The van der Waals surface area contributed by atoms with Gasteiger partial charge in [-0.3, -0.25) is 0 Å². The van der Waals surface area contributed by atoms with Gasteiger partial charge in [-0.25, -0.2) is 8.42 Å². The molecule has 1 aromatic rings. The van der Waals surface area contributed by atoms with Gasteiger partial charge in [0.2, 0.25) is 10.0 Å². The van der Waals surface area contributed by atoms with E-state index in [9.17, 15) is 13.5 Å². The fourth-order valence-corrected chi connectivity index (χ4v) is 5.04. The summed E-state index contributed by atoms with van der Waals surface area (Å²) in [5.41, 5.74) is -0.770. The summed E-state index contributed by atoms with van der Waals surface area (Å²) in [4.78, 5) is 0.243. The molecule has 0 amide bonds. The number of hydrogen-bond donors (Lipinski definition) is 1. The Balaban J connectivity index is 2.48. The molecule has 100 valence electrons. The topological polar surface area (TPSA) is 57.6 Å². The number of aliphatic hydroxyl groups excluding tert-OH is 1. The van der Waals surface area contributed by atoms with Crippen LogP contribution in [0.5, 0.6) is 0 Å². The van der Waals surface area contributed by atoms with E-state index >= 15 is 0 Å². The molecule has 2 rings (SSSR count). The maximum Gasteiger partial charge on any atom is 0.244 e. The van der Waals surface area contributed by atoms with Gasteiger partial charge in [0, 0.05) is 11.0 Å². The average molecular weight is 334 g/mol. The monoisotopic (exact) mass is 333 g/mol. The summed E-state index contributed by atoms with van der Waals surface area (Å²) in [7, 11) is -3.58. The maximum atomic E-state index is 12.6. The van der Waals surface area contributed by atoms with E-state index in [2.05, 4.69) is 15.9 Å². The lowest BCUT2D eigenvalue weighted by Crippen LogP contribution is -2.47. The second-order valence-electron chi connectivity index (χ2n) is 4.97. The van der Waals surface area contributed by atoms with E-state index in [1.807, 2.05) is 0 Å². The molecule has 1 heterocycles. The van der Waals surface area contributed by atoms with Gasteiger partial charge >= 0.3 is 0 Å². The van der Waals surface area contributed by atoms with Crippen molar-refractivity contribution in [1.82, 2.24) is 4.31 Å². The van der Waals surface area contributed by atoms with Gasteiger partial charge < -0.3 is 5.11 Å². The highest BCUT2D eigenvalue weighted by atomic mass is 79.9. The SMILES string of the molecule is CC1(C)C(O)CCN1S(=O)(=O)c1ccccc1Br. The van der Waals surface area contributed by atoms with Crippen molar-refractivity contribution >= 4 is 26.0 Å². The third-order valence-corrected chi connectivity index (χ3v) is 6.57. The highest BCUT2D eigenvalue weighted by Gasteiger charge is 2.47. The van der Waals surface area contributed by atoms with Crippen LogP contribution in [0.1, 0.15) is 20.3 Å². The van der Waals surface area contributed by atoms with Crippen molar-refractivity contribution < 1.29 is 13.5 Å². The summed E-state index contributed by atoms with van der Waals surface area (Å²) in [5.74, 6) is 0. The molecule has 6 heteroatoms. The number of aliphatic hydroxyl groups is 1. The number of hydrogen-bond acceptors (Lipinski definition) is 3. The first-order valence-electron chi connectivity index (χ1n) is 5.73. The van der Waals surface area contributed by atoms with Gasteiger partial charge in [0.05, 0.1) is 16.5 Å². The first-order chi connectivity index (χ1) is 8.28. The van der Waals surface area contributed by atoms with E-state index in [4.69, 9.17) is 0 Å². The highest BCUT2D eigenvalue weighted by molar-refractivity contribution is 9.10. The number of benzene rings is 1. The molecular weight excluding hydrogens is 318 g/mol. The molecule has 0 radical (unpaired) electrons. The van der Waals surface area contributed by atoms with Gasteiger partial charge in [0.15, 0.2) is 0 Å². The number of halogens is 1. The first kappa shape index (κ1) is 14.0. The predicted molar refractivity (Wildman–Crippen MR) is 72.7 cm³/mol. The summed E-state index contributed by atoms with van der Waals surface area (Å²) in [6.07, 6.45) is -0.161. The lowest BCUT2D eigenvalue weighted by Gasteiger charge is -2.32. The van der Waals surface area contributed by atoms with Crippen molar-refractivity contribution in [1.29, 1.82) is 0 Å². The van der Waals surface area contributed by atoms with Gasteiger partial charge in [-0.05, 0) is 48.3 Å². The van der Waals surface area contributed by atoms with E-state index < -0.39 is 21.7 Å². The largest absolute Gasteiger partial charge is 0.391 e. The van der Waals surface area contributed by atoms with Gasteiger partial charge in [-0.15, -0.1) is 0 Å². The normalized spacial score (nSPS) is 24.3. The molecule has 1 atom stereocenters. The standard InChI is InChI=1S/C12H16BrNO3S/c1-12(2)11(15)7-8-14(12)18(16,17)10-6-4-3-5-9(10)13/h3-6,11,15H,7-8H2,1-2H3. The van der Waals surface area contributed by atoms with Crippen LogP contribution >= 0.6 is 15.9 Å². The zero-order valence-corrected chi connectivity index (χ0v) is 12.7. The van der Waals surface area contributed by atoms with Crippen molar-refractivity contribution in [3.63, 3.8) is 0 Å². The highest BCUT2D eigenvalue weighted by Crippen LogP contribution is 2.36. The summed E-state index contributed by atoms with van der Waals surface area (Å²) in [5, 5.41) is 9.89.